The van der Waals surface area contributed by atoms with Gasteiger partial charge >= 0.3 is 6.18 Å². The second kappa shape index (κ2) is 10.2. The minimum atomic E-state index is -4.62. The maximum atomic E-state index is 13.4. The molecule has 35 heavy (non-hydrogen) atoms. The highest BCUT2D eigenvalue weighted by Crippen LogP contribution is 2.40. The number of ether oxygens (including phenoxy) is 2. The number of hydrogen-bond acceptors (Lipinski definition) is 5. The number of nitrogens with zero attached hydrogens (tertiary/aromatic N) is 1. The molecule has 11 heteroatoms. The fraction of sp³-hybridized carbons (Fsp3) is 0.375. The lowest BCUT2D eigenvalue weighted by Gasteiger charge is -2.18. The molecule has 2 aromatic rings. The van der Waals surface area contributed by atoms with Crippen LogP contribution in [0.4, 0.5) is 13.2 Å². The van der Waals surface area contributed by atoms with Crippen molar-refractivity contribution < 1.29 is 37.0 Å². The number of methoxy groups -OCH3 is 1. The molecular formula is C24H26F3N3O5. The summed E-state index contributed by atoms with van der Waals surface area (Å²) in [5.74, 6) is -1.36. The summed E-state index contributed by atoms with van der Waals surface area (Å²) in [6, 6.07) is 9.63. The van der Waals surface area contributed by atoms with Crippen molar-refractivity contribution in [2.45, 2.75) is 37.5 Å². The largest absolute Gasteiger partial charge is 0.497 e. The van der Waals surface area contributed by atoms with E-state index in [1.165, 1.54) is 50.4 Å². The summed E-state index contributed by atoms with van der Waals surface area (Å²) in [4.78, 5) is 37.6. The Kier molecular flexibility index (Phi) is 7.57. The molecule has 1 fully saturated rings. The van der Waals surface area contributed by atoms with Crippen molar-refractivity contribution in [1.29, 1.82) is 0 Å². The third-order valence-electron chi connectivity index (χ3n) is 5.47. The highest BCUT2D eigenvalue weighted by Gasteiger charge is 2.51. The monoisotopic (exact) mass is 493 g/mol. The SMILES string of the molecule is COc1ccc(Oc2ccc(CNC(=O)C3(NC(=O)CC(=O)N(C)C)CC3)cc2)c(C(F)(F)F)c1. The van der Waals surface area contributed by atoms with Gasteiger partial charge in [0, 0.05) is 20.6 Å². The number of halogens is 3. The van der Waals surface area contributed by atoms with Crippen LogP contribution in [0.5, 0.6) is 17.2 Å². The maximum absolute atomic E-state index is 13.4. The quantitative estimate of drug-likeness (QED) is 0.523. The van der Waals surface area contributed by atoms with E-state index in [1.54, 1.807) is 12.1 Å². The summed E-state index contributed by atoms with van der Waals surface area (Å²) in [5, 5.41) is 5.37. The van der Waals surface area contributed by atoms with Crippen LogP contribution in [0.25, 0.3) is 0 Å². The summed E-state index contributed by atoms with van der Waals surface area (Å²) in [7, 11) is 4.36. The number of benzene rings is 2. The minimum absolute atomic E-state index is 0.0599. The summed E-state index contributed by atoms with van der Waals surface area (Å²) in [5.41, 5.74) is -1.30. The molecule has 2 N–H and O–H groups in total. The molecule has 3 amide bonds. The molecule has 188 valence electrons. The molecule has 2 aromatic carbocycles. The molecule has 1 saturated carbocycles. The molecule has 1 aliphatic rings. The zero-order valence-electron chi connectivity index (χ0n) is 19.5. The van der Waals surface area contributed by atoms with Crippen molar-refractivity contribution >= 4 is 17.7 Å². The Morgan fingerprint density at radius 3 is 2.20 bits per heavy atom. The molecule has 0 heterocycles. The third kappa shape index (κ3) is 6.65. The average Bonchev–Trinajstić information content (AvgIpc) is 3.58. The predicted molar refractivity (Wildman–Crippen MR) is 120 cm³/mol. The molecule has 0 atom stereocenters. The lowest BCUT2D eigenvalue weighted by Crippen LogP contribution is -2.49. The molecule has 3 rings (SSSR count). The van der Waals surface area contributed by atoms with Crippen molar-refractivity contribution in [2.24, 2.45) is 0 Å². The molecule has 8 nitrogen and oxygen atoms in total. The third-order valence-corrected chi connectivity index (χ3v) is 5.47. The number of carbonyl (C=O) groups excluding carboxylic acids is 3. The Labute approximate surface area is 200 Å². The molecule has 0 spiro atoms. The van der Waals surface area contributed by atoms with Gasteiger partial charge in [0.15, 0.2) is 0 Å². The van der Waals surface area contributed by atoms with Crippen LogP contribution in [-0.4, -0.2) is 49.4 Å². The first-order valence-electron chi connectivity index (χ1n) is 10.7. The first kappa shape index (κ1) is 25.9. The van der Waals surface area contributed by atoms with Gasteiger partial charge < -0.3 is 25.0 Å². The van der Waals surface area contributed by atoms with Crippen LogP contribution < -0.4 is 20.1 Å². The van der Waals surface area contributed by atoms with Gasteiger partial charge in [-0.3, -0.25) is 14.4 Å². The van der Waals surface area contributed by atoms with E-state index in [9.17, 15) is 27.6 Å². The Balaban J connectivity index is 1.57. The number of carbonyl (C=O) groups is 3. The van der Waals surface area contributed by atoms with Gasteiger partial charge in [0.2, 0.25) is 17.7 Å². The fourth-order valence-corrected chi connectivity index (χ4v) is 3.24. The van der Waals surface area contributed by atoms with Crippen molar-refractivity contribution in [3.63, 3.8) is 0 Å². The minimum Gasteiger partial charge on any atom is -0.497 e. The number of rotatable bonds is 9. The van der Waals surface area contributed by atoms with E-state index in [2.05, 4.69) is 10.6 Å². The van der Waals surface area contributed by atoms with Gasteiger partial charge in [-0.15, -0.1) is 0 Å². The van der Waals surface area contributed by atoms with Crippen molar-refractivity contribution in [3.05, 3.63) is 53.6 Å². The molecule has 0 saturated heterocycles. The molecular weight excluding hydrogens is 467 g/mol. The van der Waals surface area contributed by atoms with Crippen LogP contribution in [0.15, 0.2) is 42.5 Å². The van der Waals surface area contributed by atoms with Crippen molar-refractivity contribution in [2.75, 3.05) is 21.2 Å². The number of amides is 3. The summed E-state index contributed by atoms with van der Waals surface area (Å²) in [6.07, 6.45) is -4.02. The maximum Gasteiger partial charge on any atom is 0.420 e. The van der Waals surface area contributed by atoms with Gasteiger partial charge in [0.05, 0.1) is 7.11 Å². The fourth-order valence-electron chi connectivity index (χ4n) is 3.24. The van der Waals surface area contributed by atoms with Crippen LogP contribution >= 0.6 is 0 Å². The van der Waals surface area contributed by atoms with Crippen molar-refractivity contribution in [3.8, 4) is 17.2 Å². The van der Waals surface area contributed by atoms with E-state index in [0.29, 0.717) is 18.4 Å². The highest BCUT2D eigenvalue weighted by atomic mass is 19.4. The lowest BCUT2D eigenvalue weighted by atomic mass is 10.1. The number of nitrogens with one attached hydrogen (secondary N) is 2. The van der Waals surface area contributed by atoms with Crippen LogP contribution in [0.3, 0.4) is 0 Å². The number of hydrogen-bond donors (Lipinski definition) is 2. The second-order valence-electron chi connectivity index (χ2n) is 8.38. The van der Waals surface area contributed by atoms with E-state index >= 15 is 0 Å². The molecule has 0 aromatic heterocycles. The number of alkyl halides is 3. The summed E-state index contributed by atoms with van der Waals surface area (Å²) < 4.78 is 50.4. The average molecular weight is 493 g/mol. The van der Waals surface area contributed by atoms with Gasteiger partial charge in [-0.1, -0.05) is 12.1 Å². The van der Waals surface area contributed by atoms with Crippen LogP contribution in [-0.2, 0) is 27.1 Å². The van der Waals surface area contributed by atoms with Gasteiger partial charge in [-0.05, 0) is 48.7 Å². The predicted octanol–water partition coefficient (Wildman–Crippen LogP) is 3.25. The molecule has 0 aliphatic heterocycles. The van der Waals surface area contributed by atoms with Gasteiger partial charge in [0.25, 0.3) is 0 Å². The molecule has 0 unspecified atom stereocenters. The first-order chi connectivity index (χ1) is 16.4. The standard InChI is InChI=1S/C24H26F3N3O5/c1-30(2)21(32)13-20(31)29-23(10-11-23)22(33)28-14-15-4-6-16(7-5-15)35-19-9-8-17(34-3)12-18(19)24(25,26)27/h4-9,12H,10-11,13-14H2,1-3H3,(H,28,33)(H,29,31). The first-order valence-corrected chi connectivity index (χ1v) is 10.7. The van der Waals surface area contributed by atoms with E-state index < -0.39 is 23.2 Å². The smallest absolute Gasteiger partial charge is 0.420 e. The summed E-state index contributed by atoms with van der Waals surface area (Å²) >= 11 is 0. The van der Waals surface area contributed by atoms with Crippen LogP contribution in [0.1, 0.15) is 30.4 Å². The Hall–Kier alpha value is -3.76. The van der Waals surface area contributed by atoms with E-state index in [1.807, 2.05) is 0 Å². The Bertz CT molecular complexity index is 1100. The van der Waals surface area contributed by atoms with Crippen LogP contribution in [0, 0.1) is 0 Å². The second-order valence-corrected chi connectivity index (χ2v) is 8.38. The zero-order chi connectivity index (χ0) is 25.8. The van der Waals surface area contributed by atoms with Crippen molar-refractivity contribution in [1.82, 2.24) is 15.5 Å². The lowest BCUT2D eigenvalue weighted by molar-refractivity contribution is -0.139. The van der Waals surface area contributed by atoms with E-state index in [4.69, 9.17) is 9.47 Å². The molecule has 0 bridgehead atoms. The van der Waals surface area contributed by atoms with E-state index in [-0.39, 0.29) is 42.0 Å². The Morgan fingerprint density at radius 2 is 1.66 bits per heavy atom. The van der Waals surface area contributed by atoms with Gasteiger partial charge in [0.1, 0.15) is 34.8 Å². The molecule has 1 aliphatic carbocycles. The Morgan fingerprint density at radius 1 is 1.03 bits per heavy atom. The molecule has 0 radical (unpaired) electrons. The highest BCUT2D eigenvalue weighted by molar-refractivity contribution is 6.00. The summed E-state index contributed by atoms with van der Waals surface area (Å²) in [6.45, 7) is 0.143. The van der Waals surface area contributed by atoms with Gasteiger partial charge in [-0.2, -0.15) is 13.2 Å². The normalized spacial score (nSPS) is 14.0. The topological polar surface area (TPSA) is 97.0 Å². The van der Waals surface area contributed by atoms with Crippen LogP contribution in [0.2, 0.25) is 0 Å². The zero-order valence-corrected chi connectivity index (χ0v) is 19.5. The van der Waals surface area contributed by atoms with E-state index in [0.717, 1.165) is 6.07 Å². The van der Waals surface area contributed by atoms with Gasteiger partial charge in [-0.25, -0.2) is 0 Å².